The van der Waals surface area contributed by atoms with Crippen molar-refractivity contribution >= 4 is 42.3 Å². The SMILES string of the molecule is NCCc1cn(S(=O)(=O)c2ccccc2)c2ccc(-c3cc4ccccc4s3)cc12. The molecule has 0 aliphatic heterocycles. The maximum atomic E-state index is 13.3. The van der Waals surface area contributed by atoms with Crippen LogP contribution in [0.15, 0.2) is 90.0 Å². The van der Waals surface area contributed by atoms with Crippen LogP contribution < -0.4 is 5.73 Å². The minimum absolute atomic E-state index is 0.273. The predicted molar refractivity (Wildman–Crippen MR) is 125 cm³/mol. The van der Waals surface area contributed by atoms with Crippen LogP contribution in [0.25, 0.3) is 31.4 Å². The summed E-state index contributed by atoms with van der Waals surface area (Å²) in [6, 6.07) is 25.0. The first-order valence-electron chi connectivity index (χ1n) is 9.71. The molecule has 30 heavy (non-hydrogen) atoms. The number of nitrogens with zero attached hydrogens (tertiary/aromatic N) is 1. The number of rotatable bonds is 5. The van der Waals surface area contributed by atoms with Crippen LogP contribution in [0.2, 0.25) is 0 Å². The summed E-state index contributed by atoms with van der Waals surface area (Å²) in [4.78, 5) is 1.44. The van der Waals surface area contributed by atoms with Gasteiger partial charge in [0.2, 0.25) is 0 Å². The summed E-state index contributed by atoms with van der Waals surface area (Å²) in [5.74, 6) is 0. The normalized spacial score (nSPS) is 12.0. The average molecular weight is 433 g/mol. The van der Waals surface area contributed by atoms with Gasteiger partial charge < -0.3 is 5.73 Å². The largest absolute Gasteiger partial charge is 0.330 e. The molecule has 0 bridgehead atoms. The molecule has 2 aromatic heterocycles. The lowest BCUT2D eigenvalue weighted by Crippen LogP contribution is -2.11. The van der Waals surface area contributed by atoms with Crippen molar-refractivity contribution in [3.63, 3.8) is 0 Å². The molecule has 0 aliphatic carbocycles. The van der Waals surface area contributed by atoms with Crippen molar-refractivity contribution in [2.75, 3.05) is 6.54 Å². The number of benzene rings is 3. The molecule has 0 fully saturated rings. The van der Waals surface area contributed by atoms with E-state index in [-0.39, 0.29) is 4.90 Å². The van der Waals surface area contributed by atoms with Gasteiger partial charge in [-0.1, -0.05) is 42.5 Å². The van der Waals surface area contributed by atoms with Gasteiger partial charge in [-0.15, -0.1) is 11.3 Å². The number of hydrogen-bond acceptors (Lipinski definition) is 4. The molecule has 4 nitrogen and oxygen atoms in total. The van der Waals surface area contributed by atoms with Crippen LogP contribution in [0, 0.1) is 0 Å². The molecule has 5 rings (SSSR count). The summed E-state index contributed by atoms with van der Waals surface area (Å²) < 4.78 is 29.2. The molecule has 3 aromatic carbocycles. The standard InChI is InChI=1S/C24H20N2O2S2/c25-13-12-19-16-26(30(27,28)20-7-2-1-3-8-20)22-11-10-18(14-21(19)22)24-15-17-6-4-5-9-23(17)29-24/h1-11,14-16H,12-13,25H2. The molecule has 0 amide bonds. The highest BCUT2D eigenvalue weighted by molar-refractivity contribution is 7.90. The van der Waals surface area contributed by atoms with Crippen molar-refractivity contribution < 1.29 is 8.42 Å². The highest BCUT2D eigenvalue weighted by atomic mass is 32.2. The maximum absolute atomic E-state index is 13.3. The molecule has 0 aliphatic rings. The van der Waals surface area contributed by atoms with Crippen molar-refractivity contribution in [1.29, 1.82) is 0 Å². The van der Waals surface area contributed by atoms with Gasteiger partial charge in [0.15, 0.2) is 0 Å². The average Bonchev–Trinajstić information content (AvgIpc) is 3.36. The second kappa shape index (κ2) is 7.40. The lowest BCUT2D eigenvalue weighted by atomic mass is 10.1. The van der Waals surface area contributed by atoms with Gasteiger partial charge in [-0.25, -0.2) is 12.4 Å². The van der Waals surface area contributed by atoms with Gasteiger partial charge in [-0.3, -0.25) is 0 Å². The number of nitrogens with two attached hydrogens (primary N) is 1. The van der Waals surface area contributed by atoms with Gasteiger partial charge in [0.25, 0.3) is 10.0 Å². The molecule has 0 spiro atoms. The summed E-state index contributed by atoms with van der Waals surface area (Å²) in [5.41, 5.74) is 8.52. The smallest absolute Gasteiger partial charge is 0.268 e. The van der Waals surface area contributed by atoms with E-state index in [9.17, 15) is 8.42 Å². The van der Waals surface area contributed by atoms with Crippen LogP contribution in [0.1, 0.15) is 5.56 Å². The van der Waals surface area contributed by atoms with Crippen LogP contribution in [-0.2, 0) is 16.4 Å². The Kier molecular flexibility index (Phi) is 4.70. The van der Waals surface area contributed by atoms with Gasteiger partial charge in [-0.2, -0.15) is 0 Å². The van der Waals surface area contributed by atoms with Crippen LogP contribution in [-0.4, -0.2) is 18.9 Å². The van der Waals surface area contributed by atoms with E-state index in [0.717, 1.165) is 21.4 Å². The van der Waals surface area contributed by atoms with Crippen LogP contribution in [0.3, 0.4) is 0 Å². The Balaban J connectivity index is 1.70. The van der Waals surface area contributed by atoms with Crippen molar-refractivity contribution in [2.45, 2.75) is 11.3 Å². The van der Waals surface area contributed by atoms with Crippen molar-refractivity contribution in [3.05, 3.63) is 90.6 Å². The van der Waals surface area contributed by atoms with E-state index >= 15 is 0 Å². The van der Waals surface area contributed by atoms with E-state index < -0.39 is 10.0 Å². The van der Waals surface area contributed by atoms with E-state index in [1.807, 2.05) is 30.3 Å². The molecule has 2 heterocycles. The first-order chi connectivity index (χ1) is 14.6. The van der Waals surface area contributed by atoms with Crippen molar-refractivity contribution in [1.82, 2.24) is 3.97 Å². The third-order valence-electron chi connectivity index (χ3n) is 5.28. The molecule has 0 radical (unpaired) electrons. The molecular formula is C24H20N2O2S2. The van der Waals surface area contributed by atoms with E-state index in [4.69, 9.17) is 5.73 Å². The van der Waals surface area contributed by atoms with Gasteiger partial charge in [0.05, 0.1) is 10.4 Å². The monoisotopic (exact) mass is 432 g/mol. The summed E-state index contributed by atoms with van der Waals surface area (Å²) >= 11 is 1.74. The molecule has 6 heteroatoms. The fourth-order valence-corrected chi connectivity index (χ4v) is 6.27. The number of thiophene rings is 1. The molecule has 2 N–H and O–H groups in total. The summed E-state index contributed by atoms with van der Waals surface area (Å²) in [6.07, 6.45) is 2.33. The second-order valence-electron chi connectivity index (χ2n) is 7.19. The van der Waals surface area contributed by atoms with E-state index in [1.54, 1.807) is 41.8 Å². The molecule has 5 aromatic rings. The highest BCUT2D eigenvalue weighted by Crippen LogP contribution is 2.36. The number of fused-ring (bicyclic) bond motifs is 2. The van der Waals surface area contributed by atoms with E-state index in [2.05, 4.69) is 24.3 Å². The zero-order valence-electron chi connectivity index (χ0n) is 16.2. The van der Waals surface area contributed by atoms with E-state index in [1.165, 1.54) is 14.1 Å². The quantitative estimate of drug-likeness (QED) is 0.412. The fraction of sp³-hybridized carbons (Fsp3) is 0.0833. The van der Waals surface area contributed by atoms with Gasteiger partial charge in [0, 0.05) is 21.2 Å². The van der Waals surface area contributed by atoms with Crippen LogP contribution in [0.5, 0.6) is 0 Å². The van der Waals surface area contributed by atoms with Crippen LogP contribution >= 0.6 is 11.3 Å². The van der Waals surface area contributed by atoms with Gasteiger partial charge in [-0.05, 0) is 65.9 Å². The minimum Gasteiger partial charge on any atom is -0.330 e. The molecule has 0 atom stereocenters. The highest BCUT2D eigenvalue weighted by Gasteiger charge is 2.21. The van der Waals surface area contributed by atoms with Gasteiger partial charge >= 0.3 is 0 Å². The zero-order chi connectivity index (χ0) is 20.7. The second-order valence-corrected chi connectivity index (χ2v) is 10.1. The minimum atomic E-state index is -3.68. The fourth-order valence-electron chi connectivity index (χ4n) is 3.80. The maximum Gasteiger partial charge on any atom is 0.268 e. The zero-order valence-corrected chi connectivity index (χ0v) is 17.8. The lowest BCUT2D eigenvalue weighted by Gasteiger charge is -2.08. The Hall–Kier alpha value is -2.93. The third-order valence-corrected chi connectivity index (χ3v) is 8.13. The van der Waals surface area contributed by atoms with Gasteiger partial charge in [0.1, 0.15) is 0 Å². The van der Waals surface area contributed by atoms with Crippen molar-refractivity contribution in [3.8, 4) is 10.4 Å². The molecule has 150 valence electrons. The topological polar surface area (TPSA) is 65.1 Å². The Morgan fingerprint density at radius 3 is 2.43 bits per heavy atom. The summed E-state index contributed by atoms with van der Waals surface area (Å²) in [6.45, 7) is 0.456. The number of aromatic nitrogens is 1. The Morgan fingerprint density at radius 2 is 1.67 bits per heavy atom. The first-order valence-corrected chi connectivity index (χ1v) is 12.0. The lowest BCUT2D eigenvalue weighted by molar-refractivity contribution is 0.589. The van der Waals surface area contributed by atoms with E-state index in [0.29, 0.717) is 18.5 Å². The first kappa shape index (κ1) is 19.1. The Morgan fingerprint density at radius 1 is 0.900 bits per heavy atom. The molecule has 0 unspecified atom stereocenters. The van der Waals surface area contributed by atoms with Crippen molar-refractivity contribution in [2.24, 2.45) is 5.73 Å². The Bertz CT molecular complexity index is 1430. The third kappa shape index (κ3) is 3.13. The number of hydrogen-bond donors (Lipinski definition) is 1. The van der Waals surface area contributed by atoms with Crippen LogP contribution in [0.4, 0.5) is 0 Å². The summed E-state index contributed by atoms with van der Waals surface area (Å²) in [7, 11) is -3.68. The molecule has 0 saturated heterocycles. The predicted octanol–water partition coefficient (Wildman–Crippen LogP) is 5.26. The summed E-state index contributed by atoms with van der Waals surface area (Å²) in [5, 5.41) is 2.14. The Labute approximate surface area is 179 Å². The molecule has 0 saturated carbocycles. The molecular weight excluding hydrogens is 412 g/mol.